The van der Waals surface area contributed by atoms with Gasteiger partial charge >= 0.3 is 0 Å². The maximum Gasteiger partial charge on any atom is 0.264 e. The lowest BCUT2D eigenvalue weighted by Gasteiger charge is -2.06. The Hall–Kier alpha value is -2.74. The monoisotopic (exact) mass is 355 g/mol. The van der Waals surface area contributed by atoms with Gasteiger partial charge in [-0.15, -0.1) is 0 Å². The Morgan fingerprint density at radius 3 is 2.88 bits per heavy atom. The zero-order valence-corrected chi connectivity index (χ0v) is 14.7. The van der Waals surface area contributed by atoms with E-state index in [9.17, 15) is 4.79 Å². The Morgan fingerprint density at radius 2 is 2.16 bits per heavy atom. The molecule has 0 fully saturated rings. The normalized spacial score (nSPS) is 11.4. The molecule has 0 bridgehead atoms. The lowest BCUT2D eigenvalue weighted by molar-refractivity contribution is 0.494. The number of nitrogens with one attached hydrogen (secondary N) is 2. The number of hydrogen-bond donors (Lipinski definition) is 2. The van der Waals surface area contributed by atoms with E-state index in [-0.39, 0.29) is 5.56 Å². The largest absolute Gasteiger partial charge is 0.467 e. The van der Waals surface area contributed by atoms with Crippen molar-refractivity contribution in [1.82, 2.24) is 24.7 Å². The van der Waals surface area contributed by atoms with Crippen LogP contribution < -0.4 is 5.56 Å². The summed E-state index contributed by atoms with van der Waals surface area (Å²) in [6.07, 6.45) is 3.26. The highest BCUT2D eigenvalue weighted by atomic mass is 32.2. The number of H-pyrrole nitrogens is 2. The van der Waals surface area contributed by atoms with Crippen LogP contribution in [0.3, 0.4) is 0 Å². The molecule has 4 heterocycles. The molecule has 8 heteroatoms. The molecular formula is C17H17N5O2S. The van der Waals surface area contributed by atoms with Crippen molar-refractivity contribution in [3.8, 4) is 0 Å². The van der Waals surface area contributed by atoms with E-state index in [1.54, 1.807) is 30.4 Å². The number of aromatic nitrogens is 5. The third kappa shape index (κ3) is 2.89. The van der Waals surface area contributed by atoms with E-state index in [1.807, 2.05) is 12.1 Å². The molecule has 0 aromatic carbocycles. The number of furan rings is 1. The summed E-state index contributed by atoms with van der Waals surface area (Å²) in [6, 6.07) is 5.41. The Labute approximate surface area is 147 Å². The smallest absolute Gasteiger partial charge is 0.264 e. The van der Waals surface area contributed by atoms with E-state index in [1.165, 1.54) is 0 Å². The molecule has 0 saturated heterocycles. The molecule has 0 unspecified atom stereocenters. The van der Waals surface area contributed by atoms with Crippen LogP contribution in [0.25, 0.3) is 11.0 Å². The quantitative estimate of drug-likeness (QED) is 0.424. The second kappa shape index (κ2) is 6.29. The fraction of sp³-hybridized carbons (Fsp3) is 0.235. The molecule has 128 valence electrons. The maximum absolute atomic E-state index is 11.2. The molecule has 2 N–H and O–H groups in total. The van der Waals surface area contributed by atoms with Gasteiger partial charge < -0.3 is 14.1 Å². The molecule has 0 radical (unpaired) electrons. The van der Waals surface area contributed by atoms with Crippen molar-refractivity contribution in [2.75, 3.05) is 0 Å². The lowest BCUT2D eigenvalue weighted by atomic mass is 10.2. The van der Waals surface area contributed by atoms with Gasteiger partial charge in [-0.2, -0.15) is 0 Å². The van der Waals surface area contributed by atoms with Crippen molar-refractivity contribution in [3.05, 3.63) is 63.9 Å². The van der Waals surface area contributed by atoms with Crippen LogP contribution in [0.1, 0.15) is 22.7 Å². The highest BCUT2D eigenvalue weighted by molar-refractivity contribution is 7.98. The van der Waals surface area contributed by atoms with Gasteiger partial charge in [-0.05, 0) is 31.5 Å². The first-order valence-electron chi connectivity index (χ1n) is 7.85. The second-order valence-electron chi connectivity index (χ2n) is 5.83. The zero-order valence-electron chi connectivity index (χ0n) is 13.9. The molecule has 4 rings (SSSR count). The van der Waals surface area contributed by atoms with Gasteiger partial charge in [0.2, 0.25) is 0 Å². The van der Waals surface area contributed by atoms with Gasteiger partial charge in [0.15, 0.2) is 0 Å². The van der Waals surface area contributed by atoms with Gasteiger partial charge in [-0.1, -0.05) is 11.8 Å². The number of thioether (sulfide) groups is 1. The van der Waals surface area contributed by atoms with Crippen LogP contribution in [-0.2, 0) is 12.3 Å². The summed E-state index contributed by atoms with van der Waals surface area (Å²) in [5.41, 5.74) is 3.91. The highest BCUT2D eigenvalue weighted by Crippen LogP contribution is 2.32. The minimum atomic E-state index is -0.125. The van der Waals surface area contributed by atoms with Gasteiger partial charge in [0.25, 0.3) is 5.56 Å². The second-order valence-corrected chi connectivity index (χ2v) is 6.79. The lowest BCUT2D eigenvalue weighted by Crippen LogP contribution is -2.02. The topological polar surface area (TPSA) is 92.5 Å². The van der Waals surface area contributed by atoms with Gasteiger partial charge in [0.1, 0.15) is 22.8 Å². The molecule has 4 aromatic heterocycles. The molecule has 0 aliphatic rings. The average molecular weight is 355 g/mol. The first-order chi connectivity index (χ1) is 12.1. The van der Waals surface area contributed by atoms with E-state index in [4.69, 9.17) is 4.42 Å². The third-order valence-electron chi connectivity index (χ3n) is 4.28. The Morgan fingerprint density at radius 1 is 1.28 bits per heavy atom. The number of hydrogen-bond acceptors (Lipinski definition) is 5. The molecule has 0 aliphatic carbocycles. The summed E-state index contributed by atoms with van der Waals surface area (Å²) < 4.78 is 7.63. The highest BCUT2D eigenvalue weighted by Gasteiger charge is 2.17. The molecule has 0 saturated carbocycles. The van der Waals surface area contributed by atoms with Crippen LogP contribution in [0.15, 0.2) is 45.0 Å². The van der Waals surface area contributed by atoms with Crippen molar-refractivity contribution in [2.24, 2.45) is 0 Å². The predicted octanol–water partition coefficient (Wildman–Crippen LogP) is 3.00. The molecule has 25 heavy (non-hydrogen) atoms. The van der Waals surface area contributed by atoms with Gasteiger partial charge in [-0.3, -0.25) is 9.89 Å². The maximum atomic E-state index is 11.2. The first-order valence-corrected chi connectivity index (χ1v) is 8.84. The van der Waals surface area contributed by atoms with Crippen molar-refractivity contribution in [3.63, 3.8) is 0 Å². The summed E-state index contributed by atoms with van der Waals surface area (Å²) in [4.78, 5) is 20.2. The van der Waals surface area contributed by atoms with E-state index in [0.29, 0.717) is 12.3 Å². The Bertz CT molecular complexity index is 1070. The summed E-state index contributed by atoms with van der Waals surface area (Å²) >= 11 is 1.58. The van der Waals surface area contributed by atoms with Gasteiger partial charge in [0, 0.05) is 23.2 Å². The van der Waals surface area contributed by atoms with E-state index in [2.05, 4.69) is 38.6 Å². The van der Waals surface area contributed by atoms with Crippen LogP contribution in [0.4, 0.5) is 0 Å². The van der Waals surface area contributed by atoms with E-state index in [0.717, 1.165) is 38.8 Å². The first kappa shape index (κ1) is 15.8. The predicted molar refractivity (Wildman–Crippen MR) is 95.8 cm³/mol. The summed E-state index contributed by atoms with van der Waals surface area (Å²) in [5, 5.41) is 7.37. The number of nitrogens with zero attached hydrogens (tertiary/aromatic N) is 3. The fourth-order valence-corrected chi connectivity index (χ4v) is 3.85. The molecule has 0 atom stereocenters. The summed E-state index contributed by atoms with van der Waals surface area (Å²) in [5.74, 6) is 1.52. The van der Waals surface area contributed by atoms with Gasteiger partial charge in [0.05, 0.1) is 18.2 Å². The Balaban J connectivity index is 1.72. The minimum absolute atomic E-state index is 0.125. The number of fused-ring (bicyclic) bond motifs is 1. The van der Waals surface area contributed by atoms with E-state index >= 15 is 0 Å². The number of rotatable bonds is 5. The number of aromatic amines is 2. The summed E-state index contributed by atoms with van der Waals surface area (Å²) in [7, 11) is 0. The Kier molecular flexibility index (Phi) is 3.96. The summed E-state index contributed by atoms with van der Waals surface area (Å²) in [6.45, 7) is 4.80. The zero-order chi connectivity index (χ0) is 17.4. The van der Waals surface area contributed by atoms with Crippen LogP contribution in [0.2, 0.25) is 0 Å². The van der Waals surface area contributed by atoms with Crippen LogP contribution in [0, 0.1) is 13.8 Å². The molecular weight excluding hydrogens is 338 g/mol. The van der Waals surface area contributed by atoms with Crippen LogP contribution in [0.5, 0.6) is 0 Å². The van der Waals surface area contributed by atoms with Crippen molar-refractivity contribution in [2.45, 2.75) is 31.2 Å². The van der Waals surface area contributed by atoms with Crippen molar-refractivity contribution < 1.29 is 4.42 Å². The minimum Gasteiger partial charge on any atom is -0.467 e. The van der Waals surface area contributed by atoms with Crippen LogP contribution in [-0.4, -0.2) is 24.7 Å². The fourth-order valence-electron chi connectivity index (χ4n) is 2.89. The van der Waals surface area contributed by atoms with Crippen molar-refractivity contribution >= 4 is 22.8 Å². The van der Waals surface area contributed by atoms with Gasteiger partial charge in [-0.25, -0.2) is 9.97 Å². The van der Waals surface area contributed by atoms with Crippen LogP contribution >= 0.6 is 11.8 Å². The standard InChI is InChI=1S/C17H17N5O2S/c1-10-11(2)22(7-13-4-3-5-24-13)16-15(10)17(19-9-18-16)25-8-12-6-14(23)21-20-12/h3-6,9H,7-8H2,1-2H3,(H2,20,21,23). The molecule has 0 amide bonds. The third-order valence-corrected chi connectivity index (χ3v) is 5.32. The molecule has 4 aromatic rings. The number of aryl methyl sites for hydroxylation is 1. The SMILES string of the molecule is Cc1c(C)n(Cc2ccco2)c2ncnc(SCc3cc(=O)[nH][nH]3)c12. The molecule has 0 aliphatic heterocycles. The average Bonchev–Trinajstić information content (AvgIpc) is 3.32. The van der Waals surface area contributed by atoms with E-state index < -0.39 is 0 Å². The molecule has 7 nitrogen and oxygen atoms in total. The molecule has 0 spiro atoms. The van der Waals surface area contributed by atoms with Crippen molar-refractivity contribution in [1.29, 1.82) is 0 Å².